The predicted octanol–water partition coefficient (Wildman–Crippen LogP) is 0.850. The van der Waals surface area contributed by atoms with Crippen LogP contribution in [-0.4, -0.2) is 38.6 Å². The summed E-state index contributed by atoms with van der Waals surface area (Å²) in [5.41, 5.74) is 0. The van der Waals surface area contributed by atoms with E-state index >= 15 is 0 Å². The molecule has 0 atom stereocenters. The molecule has 20 heavy (non-hydrogen) atoms. The fourth-order valence-electron chi connectivity index (χ4n) is 1.70. The van der Waals surface area contributed by atoms with Crippen LogP contribution in [-0.2, 0) is 11.3 Å². The lowest BCUT2D eigenvalue weighted by atomic mass is 10.2. The van der Waals surface area contributed by atoms with E-state index < -0.39 is 4.92 Å². The molecular formula is C12H20N4O4. The zero-order valence-electron chi connectivity index (χ0n) is 11.3. The maximum absolute atomic E-state index is 11.5. The van der Waals surface area contributed by atoms with Crippen molar-refractivity contribution in [3.8, 4) is 0 Å². The summed E-state index contributed by atoms with van der Waals surface area (Å²) in [6, 6.07) is 0. The topological polar surface area (TPSA) is 110 Å². The molecule has 1 amide bonds. The molecule has 8 heteroatoms. The fraction of sp³-hybridized carbons (Fsp3) is 0.667. The number of aliphatic hydroxyl groups is 1. The van der Waals surface area contributed by atoms with Crippen LogP contribution in [0.2, 0.25) is 0 Å². The Balaban J connectivity index is 2.11. The number of unbranched alkanes of at least 4 members (excludes halogenated alkanes) is 3. The van der Waals surface area contributed by atoms with Crippen LogP contribution in [0.1, 0.15) is 32.1 Å². The fourth-order valence-corrected chi connectivity index (χ4v) is 1.70. The van der Waals surface area contributed by atoms with E-state index in [4.69, 9.17) is 5.11 Å². The van der Waals surface area contributed by atoms with Gasteiger partial charge in [0.15, 0.2) is 0 Å². The molecule has 112 valence electrons. The monoisotopic (exact) mass is 284 g/mol. The van der Waals surface area contributed by atoms with E-state index in [9.17, 15) is 14.9 Å². The predicted molar refractivity (Wildman–Crippen MR) is 72.1 cm³/mol. The molecule has 1 aromatic heterocycles. The Morgan fingerprint density at radius 3 is 2.80 bits per heavy atom. The molecule has 0 saturated carbocycles. The molecule has 1 rings (SSSR count). The van der Waals surface area contributed by atoms with Gasteiger partial charge in [-0.25, -0.2) is 0 Å². The van der Waals surface area contributed by atoms with Crippen molar-refractivity contribution in [3.05, 3.63) is 22.6 Å². The van der Waals surface area contributed by atoms with Gasteiger partial charge in [-0.05, 0) is 22.7 Å². The second kappa shape index (κ2) is 9.03. The van der Waals surface area contributed by atoms with Crippen molar-refractivity contribution in [2.45, 2.75) is 38.6 Å². The Hall–Kier alpha value is -1.96. The number of nitrogens with zero attached hydrogens (tertiary/aromatic N) is 3. The van der Waals surface area contributed by atoms with Crippen LogP contribution < -0.4 is 5.32 Å². The van der Waals surface area contributed by atoms with Gasteiger partial charge in [0.2, 0.25) is 12.2 Å². The van der Waals surface area contributed by atoms with Crippen molar-refractivity contribution < 1.29 is 14.8 Å². The quantitative estimate of drug-likeness (QED) is 0.376. The molecule has 0 radical (unpaired) electrons. The summed E-state index contributed by atoms with van der Waals surface area (Å²) in [6.45, 7) is 1.20. The first-order valence-electron chi connectivity index (χ1n) is 6.67. The van der Waals surface area contributed by atoms with Crippen molar-refractivity contribution in [1.82, 2.24) is 14.9 Å². The summed E-state index contributed by atoms with van der Waals surface area (Å²) in [6.07, 6.45) is 6.56. The minimum Gasteiger partial charge on any atom is -0.396 e. The third-order valence-corrected chi connectivity index (χ3v) is 2.81. The summed E-state index contributed by atoms with van der Waals surface area (Å²) in [5.74, 6) is -0.294. The smallest absolute Gasteiger partial charge is 0.381 e. The molecule has 0 aromatic carbocycles. The van der Waals surface area contributed by atoms with Gasteiger partial charge in [-0.3, -0.25) is 4.79 Å². The molecule has 8 nitrogen and oxygen atoms in total. The molecule has 0 aliphatic rings. The van der Waals surface area contributed by atoms with Gasteiger partial charge < -0.3 is 25.1 Å². The number of carbonyl (C=O) groups is 1. The second-order valence-corrected chi connectivity index (χ2v) is 4.46. The molecule has 0 saturated heterocycles. The van der Waals surface area contributed by atoms with Gasteiger partial charge >= 0.3 is 5.82 Å². The Kier molecular flexibility index (Phi) is 7.26. The molecule has 0 unspecified atom stereocenters. The molecule has 1 aromatic rings. The van der Waals surface area contributed by atoms with Gasteiger partial charge in [0, 0.05) is 26.1 Å². The zero-order chi connectivity index (χ0) is 14.8. The average Bonchev–Trinajstić information content (AvgIpc) is 2.89. The number of aryl methyl sites for hydroxylation is 1. The number of imidazole rings is 1. The van der Waals surface area contributed by atoms with Crippen LogP contribution in [0.25, 0.3) is 0 Å². The van der Waals surface area contributed by atoms with Crippen molar-refractivity contribution in [1.29, 1.82) is 0 Å². The normalized spacial score (nSPS) is 10.4. The summed E-state index contributed by atoms with van der Waals surface area (Å²) < 4.78 is 1.53. The average molecular weight is 284 g/mol. The van der Waals surface area contributed by atoms with Crippen LogP contribution in [0.4, 0.5) is 5.82 Å². The highest BCUT2D eigenvalue weighted by atomic mass is 16.6. The van der Waals surface area contributed by atoms with Crippen LogP contribution >= 0.6 is 0 Å². The molecule has 0 bridgehead atoms. The first kappa shape index (κ1) is 16.1. The van der Waals surface area contributed by atoms with Gasteiger partial charge in [-0.2, -0.15) is 0 Å². The van der Waals surface area contributed by atoms with Crippen molar-refractivity contribution >= 4 is 11.7 Å². The molecular weight excluding hydrogens is 264 g/mol. The molecule has 0 spiro atoms. The molecule has 0 fully saturated rings. The van der Waals surface area contributed by atoms with Crippen LogP contribution in [0.5, 0.6) is 0 Å². The van der Waals surface area contributed by atoms with E-state index in [2.05, 4.69) is 10.3 Å². The maximum atomic E-state index is 11.5. The summed E-state index contributed by atoms with van der Waals surface area (Å²) in [7, 11) is 0. The van der Waals surface area contributed by atoms with Gasteiger partial charge in [-0.1, -0.05) is 12.8 Å². The van der Waals surface area contributed by atoms with E-state index in [1.165, 1.54) is 17.1 Å². The Morgan fingerprint density at radius 2 is 2.15 bits per heavy atom. The van der Waals surface area contributed by atoms with E-state index in [0.29, 0.717) is 13.1 Å². The Labute approximate surface area is 117 Å². The van der Waals surface area contributed by atoms with Gasteiger partial charge in [0.1, 0.15) is 6.20 Å². The number of rotatable bonds is 10. The Morgan fingerprint density at radius 1 is 1.40 bits per heavy atom. The highest BCUT2D eigenvalue weighted by Gasteiger charge is 2.10. The highest BCUT2D eigenvalue weighted by Crippen LogP contribution is 2.06. The van der Waals surface area contributed by atoms with E-state index in [1.807, 2.05) is 0 Å². The van der Waals surface area contributed by atoms with Crippen molar-refractivity contribution in [2.24, 2.45) is 0 Å². The van der Waals surface area contributed by atoms with Gasteiger partial charge in [0.25, 0.3) is 0 Å². The number of hydrogen-bond donors (Lipinski definition) is 2. The van der Waals surface area contributed by atoms with E-state index in [-0.39, 0.29) is 24.8 Å². The maximum Gasteiger partial charge on any atom is 0.381 e. The van der Waals surface area contributed by atoms with Gasteiger partial charge in [0.05, 0.1) is 0 Å². The first-order valence-corrected chi connectivity index (χ1v) is 6.67. The van der Waals surface area contributed by atoms with Crippen molar-refractivity contribution in [2.75, 3.05) is 13.2 Å². The lowest BCUT2D eigenvalue weighted by Gasteiger charge is -2.05. The van der Waals surface area contributed by atoms with E-state index in [1.54, 1.807) is 0 Å². The molecule has 1 heterocycles. The number of aromatic nitrogens is 2. The number of nitrogens with one attached hydrogen (secondary N) is 1. The number of carbonyl (C=O) groups excluding carboxylic acids is 1. The van der Waals surface area contributed by atoms with Crippen molar-refractivity contribution in [3.63, 3.8) is 0 Å². The standard InChI is InChI=1S/C12H20N4O4/c17-8-4-2-1-3-6-13-12(18)5-7-15-9-11(14-10-15)16(19)20/h9-10,17H,1-8H2,(H,13,18). The largest absolute Gasteiger partial charge is 0.396 e. The summed E-state index contributed by atoms with van der Waals surface area (Å²) in [4.78, 5) is 25.0. The summed E-state index contributed by atoms with van der Waals surface area (Å²) in [5, 5.41) is 21.8. The van der Waals surface area contributed by atoms with Crippen LogP contribution in [0.15, 0.2) is 12.5 Å². The third kappa shape index (κ3) is 6.28. The number of aliphatic hydroxyl groups excluding tert-OH is 1. The summed E-state index contributed by atoms with van der Waals surface area (Å²) >= 11 is 0. The van der Waals surface area contributed by atoms with Crippen LogP contribution in [0, 0.1) is 10.1 Å². The zero-order valence-corrected chi connectivity index (χ0v) is 11.3. The Bertz CT molecular complexity index is 433. The second-order valence-electron chi connectivity index (χ2n) is 4.46. The third-order valence-electron chi connectivity index (χ3n) is 2.81. The number of hydrogen-bond acceptors (Lipinski definition) is 5. The highest BCUT2D eigenvalue weighted by molar-refractivity contribution is 5.75. The minimum absolute atomic E-state index is 0.0801. The molecule has 2 N–H and O–H groups in total. The molecule has 0 aliphatic heterocycles. The lowest BCUT2D eigenvalue weighted by molar-refractivity contribution is -0.389. The first-order chi connectivity index (χ1) is 9.63. The van der Waals surface area contributed by atoms with Gasteiger partial charge in [-0.15, -0.1) is 0 Å². The van der Waals surface area contributed by atoms with E-state index in [0.717, 1.165) is 25.7 Å². The minimum atomic E-state index is -0.567. The molecule has 0 aliphatic carbocycles. The number of nitro groups is 1. The SMILES string of the molecule is O=C(CCn1cnc([N+](=O)[O-])c1)NCCCCCCO. The van der Waals surface area contributed by atoms with Crippen LogP contribution in [0.3, 0.4) is 0 Å². The lowest BCUT2D eigenvalue weighted by Crippen LogP contribution is -2.25. The number of amides is 1.